The van der Waals surface area contributed by atoms with Crippen LogP contribution in [0.2, 0.25) is 15.1 Å². The minimum absolute atomic E-state index is 0.141. The van der Waals surface area contributed by atoms with E-state index in [1.807, 2.05) is 0 Å². The fourth-order valence-corrected chi connectivity index (χ4v) is 2.00. The molecule has 19 heavy (non-hydrogen) atoms. The number of rotatable bonds is 3. The summed E-state index contributed by atoms with van der Waals surface area (Å²) >= 11 is 17.6. The number of hydrogen-bond donors (Lipinski definition) is 0. The van der Waals surface area contributed by atoms with Crippen LogP contribution in [0, 0.1) is 5.82 Å². The number of halogens is 4. The average Bonchev–Trinajstić information content (AvgIpc) is 2.35. The highest BCUT2D eigenvalue weighted by atomic mass is 35.5. The van der Waals surface area contributed by atoms with Crippen molar-refractivity contribution in [2.45, 2.75) is 0 Å². The second kappa shape index (κ2) is 5.78. The van der Waals surface area contributed by atoms with Gasteiger partial charge in [-0.3, -0.25) is 4.79 Å². The predicted molar refractivity (Wildman–Crippen MR) is 73.3 cm³/mol. The molecular weight excluding hydrogens is 313 g/mol. The molecule has 0 N–H and O–H groups in total. The predicted octanol–water partition coefficient (Wildman–Crippen LogP) is 5.39. The van der Waals surface area contributed by atoms with Gasteiger partial charge in [0.15, 0.2) is 0 Å². The lowest BCUT2D eigenvalue weighted by Crippen LogP contribution is -1.90. The Kier molecular flexibility index (Phi) is 4.30. The standard InChI is InChI=1S/C13H6Cl3FO2/c14-10-4-12(16)13(5-11(10)15)19-9-2-7(6-18)1-8(17)3-9/h1-6H. The van der Waals surface area contributed by atoms with Crippen LogP contribution in [0.15, 0.2) is 30.3 Å². The molecule has 0 aliphatic rings. The maximum Gasteiger partial charge on any atom is 0.150 e. The van der Waals surface area contributed by atoms with Gasteiger partial charge in [0.25, 0.3) is 0 Å². The minimum Gasteiger partial charge on any atom is -0.456 e. The molecule has 6 heteroatoms. The van der Waals surface area contributed by atoms with Crippen molar-refractivity contribution >= 4 is 41.1 Å². The lowest BCUT2D eigenvalue weighted by Gasteiger charge is -2.09. The Labute approximate surface area is 123 Å². The third-order valence-corrected chi connectivity index (χ3v) is 3.25. The van der Waals surface area contributed by atoms with Gasteiger partial charge in [-0.15, -0.1) is 0 Å². The van der Waals surface area contributed by atoms with Gasteiger partial charge in [-0.25, -0.2) is 4.39 Å². The quantitative estimate of drug-likeness (QED) is 0.560. The second-order valence-electron chi connectivity index (χ2n) is 3.64. The Morgan fingerprint density at radius 1 is 0.947 bits per heavy atom. The summed E-state index contributed by atoms with van der Waals surface area (Å²) in [5.41, 5.74) is 0.159. The summed E-state index contributed by atoms with van der Waals surface area (Å²) < 4.78 is 18.6. The molecule has 0 aliphatic carbocycles. The lowest BCUT2D eigenvalue weighted by atomic mass is 10.2. The fraction of sp³-hybridized carbons (Fsp3) is 0. The largest absolute Gasteiger partial charge is 0.456 e. The van der Waals surface area contributed by atoms with Crippen LogP contribution in [0.25, 0.3) is 0 Å². The molecule has 0 fully saturated rings. The Balaban J connectivity index is 2.38. The van der Waals surface area contributed by atoms with Gasteiger partial charge in [0.05, 0.1) is 15.1 Å². The summed E-state index contributed by atoms with van der Waals surface area (Å²) in [5.74, 6) is -0.225. The monoisotopic (exact) mass is 318 g/mol. The number of benzene rings is 2. The van der Waals surface area contributed by atoms with E-state index in [1.165, 1.54) is 18.2 Å². The van der Waals surface area contributed by atoms with E-state index in [9.17, 15) is 9.18 Å². The van der Waals surface area contributed by atoms with E-state index in [4.69, 9.17) is 39.5 Å². The van der Waals surface area contributed by atoms with Gasteiger partial charge in [-0.1, -0.05) is 34.8 Å². The van der Waals surface area contributed by atoms with E-state index in [2.05, 4.69) is 0 Å². The van der Waals surface area contributed by atoms with E-state index in [-0.39, 0.29) is 32.1 Å². The zero-order valence-corrected chi connectivity index (χ0v) is 11.6. The smallest absolute Gasteiger partial charge is 0.150 e. The van der Waals surface area contributed by atoms with Gasteiger partial charge in [-0.2, -0.15) is 0 Å². The van der Waals surface area contributed by atoms with Crippen molar-refractivity contribution in [2.24, 2.45) is 0 Å². The van der Waals surface area contributed by atoms with E-state index in [0.717, 1.165) is 12.1 Å². The van der Waals surface area contributed by atoms with Crippen molar-refractivity contribution in [1.29, 1.82) is 0 Å². The van der Waals surface area contributed by atoms with Crippen molar-refractivity contribution < 1.29 is 13.9 Å². The summed E-state index contributed by atoms with van der Waals surface area (Å²) in [5, 5.41) is 0.770. The van der Waals surface area contributed by atoms with Gasteiger partial charge in [0.1, 0.15) is 23.6 Å². The first kappa shape index (κ1) is 14.1. The molecule has 0 spiro atoms. The molecule has 98 valence electrons. The highest BCUT2D eigenvalue weighted by molar-refractivity contribution is 6.43. The maximum atomic E-state index is 13.2. The molecule has 0 unspecified atom stereocenters. The van der Waals surface area contributed by atoms with E-state index >= 15 is 0 Å². The number of ether oxygens (including phenoxy) is 1. The number of aldehydes is 1. The molecule has 0 heterocycles. The highest BCUT2D eigenvalue weighted by Crippen LogP contribution is 2.36. The number of hydrogen-bond acceptors (Lipinski definition) is 2. The van der Waals surface area contributed by atoms with Crippen LogP contribution in [0.5, 0.6) is 11.5 Å². The van der Waals surface area contributed by atoms with Gasteiger partial charge >= 0.3 is 0 Å². The molecule has 0 saturated carbocycles. The summed E-state index contributed by atoms with van der Waals surface area (Å²) in [6.07, 6.45) is 0.520. The highest BCUT2D eigenvalue weighted by Gasteiger charge is 2.09. The Morgan fingerprint density at radius 3 is 2.32 bits per heavy atom. The Morgan fingerprint density at radius 2 is 1.63 bits per heavy atom. The van der Waals surface area contributed by atoms with Gasteiger partial charge in [0.2, 0.25) is 0 Å². The molecular formula is C13H6Cl3FO2. The van der Waals surface area contributed by atoms with Crippen LogP contribution >= 0.6 is 34.8 Å². The van der Waals surface area contributed by atoms with Crippen LogP contribution in [0.1, 0.15) is 10.4 Å². The van der Waals surface area contributed by atoms with Gasteiger partial charge in [-0.05, 0) is 18.2 Å². The fourth-order valence-electron chi connectivity index (χ4n) is 1.42. The van der Waals surface area contributed by atoms with E-state index in [0.29, 0.717) is 6.29 Å². The molecule has 0 saturated heterocycles. The third kappa shape index (κ3) is 3.38. The number of carbonyl (C=O) groups excluding carboxylic acids is 1. The van der Waals surface area contributed by atoms with Gasteiger partial charge in [0, 0.05) is 17.7 Å². The van der Waals surface area contributed by atoms with Crippen LogP contribution in [0.3, 0.4) is 0 Å². The van der Waals surface area contributed by atoms with E-state index in [1.54, 1.807) is 0 Å². The van der Waals surface area contributed by atoms with Crippen molar-refractivity contribution in [1.82, 2.24) is 0 Å². The first-order chi connectivity index (χ1) is 8.99. The van der Waals surface area contributed by atoms with Crippen molar-refractivity contribution in [3.05, 3.63) is 56.8 Å². The van der Waals surface area contributed by atoms with Gasteiger partial charge < -0.3 is 4.74 Å². The molecule has 2 aromatic rings. The van der Waals surface area contributed by atoms with Crippen molar-refractivity contribution in [3.63, 3.8) is 0 Å². The molecule has 0 atom stereocenters. The van der Waals surface area contributed by atoms with Crippen LogP contribution < -0.4 is 4.74 Å². The molecule has 0 bridgehead atoms. The zero-order valence-electron chi connectivity index (χ0n) is 9.29. The molecule has 0 amide bonds. The summed E-state index contributed by atoms with van der Waals surface area (Å²) in [4.78, 5) is 10.6. The molecule has 0 aliphatic heterocycles. The van der Waals surface area contributed by atoms with Crippen LogP contribution in [-0.4, -0.2) is 6.29 Å². The third-order valence-electron chi connectivity index (χ3n) is 2.23. The molecule has 2 rings (SSSR count). The second-order valence-corrected chi connectivity index (χ2v) is 4.86. The summed E-state index contributed by atoms with van der Waals surface area (Å²) in [7, 11) is 0. The zero-order chi connectivity index (χ0) is 14.0. The first-order valence-corrected chi connectivity index (χ1v) is 6.21. The first-order valence-electron chi connectivity index (χ1n) is 5.08. The Hall–Kier alpha value is -1.29. The molecule has 0 aromatic heterocycles. The Bertz CT molecular complexity index is 644. The maximum absolute atomic E-state index is 13.2. The molecule has 0 radical (unpaired) electrons. The molecule has 2 aromatic carbocycles. The lowest BCUT2D eigenvalue weighted by molar-refractivity contribution is 0.112. The topological polar surface area (TPSA) is 26.3 Å². The van der Waals surface area contributed by atoms with Crippen molar-refractivity contribution in [3.8, 4) is 11.5 Å². The van der Waals surface area contributed by atoms with Crippen LogP contribution in [-0.2, 0) is 0 Å². The average molecular weight is 320 g/mol. The van der Waals surface area contributed by atoms with E-state index < -0.39 is 5.82 Å². The van der Waals surface area contributed by atoms with Crippen molar-refractivity contribution in [2.75, 3.05) is 0 Å². The van der Waals surface area contributed by atoms with Crippen LogP contribution in [0.4, 0.5) is 4.39 Å². The summed E-state index contributed by atoms with van der Waals surface area (Å²) in [6.45, 7) is 0. The SMILES string of the molecule is O=Cc1cc(F)cc(Oc2cc(Cl)c(Cl)cc2Cl)c1. The summed E-state index contributed by atoms with van der Waals surface area (Å²) in [6, 6.07) is 6.44. The minimum atomic E-state index is -0.587. The normalized spacial score (nSPS) is 10.3. The number of carbonyl (C=O) groups is 1. The molecule has 2 nitrogen and oxygen atoms in total.